The molecule has 12 atom stereocenters. The highest BCUT2D eigenvalue weighted by molar-refractivity contribution is 5.76. The molecule has 12 heteroatoms. The monoisotopic (exact) mass is 612 g/mol. The van der Waals surface area contributed by atoms with Gasteiger partial charge in [0, 0.05) is 5.92 Å². The number of carboxylic acids is 1. The van der Waals surface area contributed by atoms with Crippen LogP contribution in [0.2, 0.25) is 0 Å². The Morgan fingerprint density at radius 2 is 1.72 bits per heavy atom. The van der Waals surface area contributed by atoms with E-state index < -0.39 is 66.7 Å². The van der Waals surface area contributed by atoms with Crippen LogP contribution in [-0.2, 0) is 28.6 Å². The highest BCUT2D eigenvalue weighted by Crippen LogP contribution is 2.45. The van der Waals surface area contributed by atoms with Gasteiger partial charge in [-0.15, -0.1) is 0 Å². The molecule has 43 heavy (non-hydrogen) atoms. The van der Waals surface area contributed by atoms with Crippen LogP contribution in [-0.4, -0.2) is 97.6 Å². The molecule has 0 unspecified atom stereocenters. The smallest absolute Gasteiger partial charge is 0.335 e. The van der Waals surface area contributed by atoms with Gasteiger partial charge in [-0.25, -0.2) is 4.79 Å². The Bertz CT molecular complexity index is 1050. The van der Waals surface area contributed by atoms with E-state index in [0.717, 1.165) is 5.57 Å². The first kappa shape index (κ1) is 35.1. The van der Waals surface area contributed by atoms with Gasteiger partial charge in [0.2, 0.25) is 6.29 Å². The fourth-order valence-corrected chi connectivity index (χ4v) is 6.08. The topological polar surface area (TPSA) is 200 Å². The lowest BCUT2D eigenvalue weighted by Crippen LogP contribution is -2.60. The first-order valence-corrected chi connectivity index (χ1v) is 15.1. The molecule has 0 saturated carbocycles. The van der Waals surface area contributed by atoms with Gasteiger partial charge >= 0.3 is 17.9 Å². The van der Waals surface area contributed by atoms with Crippen LogP contribution in [0.3, 0.4) is 0 Å². The normalized spacial score (nSPS) is 35.7. The maximum atomic E-state index is 13.0. The van der Waals surface area contributed by atoms with Crippen molar-refractivity contribution < 1.29 is 59.2 Å². The Balaban J connectivity index is 1.57. The van der Waals surface area contributed by atoms with Gasteiger partial charge in [0.15, 0.2) is 6.10 Å². The van der Waals surface area contributed by atoms with E-state index in [1.807, 2.05) is 20.8 Å². The molecule has 6 N–H and O–H groups in total. The summed E-state index contributed by atoms with van der Waals surface area (Å²) >= 11 is 0. The molecule has 0 aromatic heterocycles. The molecular weight excluding hydrogens is 564 g/mol. The minimum absolute atomic E-state index is 0.0228. The number of carboxylic acid groups (broad SMARTS) is 1. The number of allylic oxidation sites excluding steroid dienone is 3. The summed E-state index contributed by atoms with van der Waals surface area (Å²) < 4.78 is 16.0. The first-order valence-electron chi connectivity index (χ1n) is 15.1. The van der Waals surface area contributed by atoms with Crippen molar-refractivity contribution in [2.24, 2.45) is 29.1 Å². The van der Waals surface area contributed by atoms with Crippen molar-refractivity contribution in [1.29, 1.82) is 0 Å². The van der Waals surface area contributed by atoms with E-state index in [-0.39, 0.29) is 42.2 Å². The van der Waals surface area contributed by atoms with Crippen LogP contribution < -0.4 is 0 Å². The fraction of sp³-hybridized carbons (Fsp3) is 0.774. The molecule has 0 bridgehead atoms. The Kier molecular flexibility index (Phi) is 11.9. The highest BCUT2D eigenvalue weighted by atomic mass is 16.7. The van der Waals surface area contributed by atoms with E-state index in [0.29, 0.717) is 25.7 Å². The zero-order chi connectivity index (χ0) is 32.2. The number of aliphatic hydroxyl groups is 5. The van der Waals surface area contributed by atoms with E-state index in [9.17, 15) is 39.9 Å². The lowest BCUT2D eigenvalue weighted by Gasteiger charge is -2.44. The Morgan fingerprint density at radius 1 is 1.05 bits per heavy atom. The van der Waals surface area contributed by atoms with Crippen molar-refractivity contribution >= 4 is 17.9 Å². The third-order valence-electron chi connectivity index (χ3n) is 9.13. The van der Waals surface area contributed by atoms with Gasteiger partial charge in [-0.2, -0.15) is 0 Å². The second-order valence-electron chi connectivity index (χ2n) is 13.0. The van der Waals surface area contributed by atoms with Gasteiger partial charge in [0.25, 0.3) is 0 Å². The number of fused-ring (bicyclic) bond motifs is 1. The van der Waals surface area contributed by atoms with Crippen LogP contribution in [0, 0.1) is 29.1 Å². The quantitative estimate of drug-likeness (QED) is 0.174. The molecular formula is C31H48O12. The zero-order valence-electron chi connectivity index (χ0n) is 25.5. The van der Waals surface area contributed by atoms with Crippen molar-refractivity contribution in [2.75, 3.05) is 0 Å². The van der Waals surface area contributed by atoms with Crippen molar-refractivity contribution in [3.63, 3.8) is 0 Å². The number of esters is 2. The summed E-state index contributed by atoms with van der Waals surface area (Å²) in [5, 5.41) is 60.0. The van der Waals surface area contributed by atoms with E-state index in [4.69, 9.17) is 19.3 Å². The fourth-order valence-electron chi connectivity index (χ4n) is 6.08. The van der Waals surface area contributed by atoms with E-state index >= 15 is 0 Å². The van der Waals surface area contributed by atoms with Crippen LogP contribution in [0.25, 0.3) is 0 Å². The van der Waals surface area contributed by atoms with Crippen LogP contribution >= 0.6 is 0 Å². The summed E-state index contributed by atoms with van der Waals surface area (Å²) in [5.74, 6) is -2.43. The van der Waals surface area contributed by atoms with E-state index in [2.05, 4.69) is 32.1 Å². The molecule has 0 aromatic rings. The molecule has 2 aliphatic carbocycles. The van der Waals surface area contributed by atoms with E-state index in [1.54, 1.807) is 0 Å². The summed E-state index contributed by atoms with van der Waals surface area (Å²) in [4.78, 5) is 36.6. The third-order valence-corrected chi connectivity index (χ3v) is 9.13. The summed E-state index contributed by atoms with van der Waals surface area (Å²) in [5.41, 5.74) is 0.533. The van der Waals surface area contributed by atoms with E-state index in [1.165, 1.54) is 0 Å². The second kappa shape index (κ2) is 14.6. The Labute approximate surface area is 252 Å². The number of hydrogen-bond acceptors (Lipinski definition) is 11. The van der Waals surface area contributed by atoms with Crippen molar-refractivity contribution in [3.05, 3.63) is 23.8 Å². The van der Waals surface area contributed by atoms with Crippen molar-refractivity contribution in [3.8, 4) is 0 Å². The maximum absolute atomic E-state index is 13.0. The lowest BCUT2D eigenvalue weighted by molar-refractivity contribution is -0.286. The average Bonchev–Trinajstić information content (AvgIpc) is 2.92. The molecule has 0 spiro atoms. The second-order valence-corrected chi connectivity index (χ2v) is 13.0. The van der Waals surface area contributed by atoms with Crippen molar-refractivity contribution in [1.82, 2.24) is 0 Å². The average molecular weight is 613 g/mol. The molecule has 244 valence electrons. The summed E-state index contributed by atoms with van der Waals surface area (Å²) in [7, 11) is 0. The minimum Gasteiger partial charge on any atom is -0.479 e. The molecule has 1 saturated heterocycles. The molecule has 1 heterocycles. The summed E-state index contributed by atoms with van der Waals surface area (Å²) in [6.07, 6.45) is -4.12. The molecule has 1 fully saturated rings. The number of carbonyl (C=O) groups excluding carboxylic acids is 2. The molecule has 0 amide bonds. The molecule has 12 nitrogen and oxygen atoms in total. The summed E-state index contributed by atoms with van der Waals surface area (Å²) in [6, 6.07) is 0. The van der Waals surface area contributed by atoms with Crippen LogP contribution in [0.1, 0.15) is 73.1 Å². The molecule has 3 rings (SSSR count). The van der Waals surface area contributed by atoms with Gasteiger partial charge in [0.1, 0.15) is 24.4 Å². The molecule has 1 aliphatic heterocycles. The number of rotatable bonds is 12. The number of aliphatic carboxylic acids is 1. The van der Waals surface area contributed by atoms with Gasteiger partial charge in [-0.3, -0.25) is 9.59 Å². The van der Waals surface area contributed by atoms with Gasteiger partial charge in [0.05, 0.1) is 24.0 Å². The Morgan fingerprint density at radius 3 is 2.35 bits per heavy atom. The van der Waals surface area contributed by atoms with Gasteiger partial charge in [-0.05, 0) is 69.3 Å². The predicted octanol–water partition coefficient (Wildman–Crippen LogP) is 1.46. The van der Waals surface area contributed by atoms with Crippen molar-refractivity contribution in [2.45, 2.75) is 122 Å². The first-order chi connectivity index (χ1) is 20.0. The SMILES string of the molecule is CCC(C)(C)C(=O)O[C@H]1C[C@@H](C)C=C2C=C[C@H](C)[C@H](CC[C@@H](O)C[C@@H](O)CC(=O)O[C@H]3O[C@H](C(=O)O)[C@H](O)[C@@H](O)[C@@H]3O)[C@H]21. The number of hydrogen-bond donors (Lipinski definition) is 6. The van der Waals surface area contributed by atoms with Crippen LogP contribution in [0.5, 0.6) is 0 Å². The Hall–Kier alpha value is -2.35. The maximum Gasteiger partial charge on any atom is 0.335 e. The molecule has 0 aromatic carbocycles. The van der Waals surface area contributed by atoms with Gasteiger partial charge in [-0.1, -0.05) is 39.0 Å². The third kappa shape index (κ3) is 8.64. The largest absolute Gasteiger partial charge is 0.479 e. The standard InChI is InChI=1S/C31H48O12/c1-6-31(4,5)30(40)41-21-12-15(2)11-17-8-7-16(3)20(23(17)21)10-9-18(32)13-19(33)14-22(34)42-29-26(37)24(35)25(36)27(43-29)28(38)39/h7-8,11,15-16,18-21,23-27,29,32-33,35-37H,6,9-10,12-14H2,1-5H3,(H,38,39)/t15-,16-,18+,19+,20-,21-,23-,24+,25+,26-,27-,29-/m0/s1. The highest BCUT2D eigenvalue weighted by Gasteiger charge is 2.49. The van der Waals surface area contributed by atoms with Crippen LogP contribution in [0.4, 0.5) is 0 Å². The lowest BCUT2D eigenvalue weighted by atomic mass is 9.65. The molecule has 3 aliphatic rings. The van der Waals surface area contributed by atoms with Crippen LogP contribution in [0.15, 0.2) is 23.8 Å². The van der Waals surface area contributed by atoms with Gasteiger partial charge < -0.3 is 44.8 Å². The minimum atomic E-state index is -1.93. The number of aliphatic hydroxyl groups excluding tert-OH is 5. The predicted molar refractivity (Wildman–Crippen MR) is 152 cm³/mol. The summed E-state index contributed by atoms with van der Waals surface area (Å²) in [6.45, 7) is 9.90. The zero-order valence-corrected chi connectivity index (χ0v) is 25.5. The number of carbonyl (C=O) groups is 3. The molecule has 0 radical (unpaired) electrons. The number of ether oxygens (including phenoxy) is 3.